The Balaban J connectivity index is 0.00000196. The maximum absolute atomic E-state index is 16.7. The average molecular weight is 365 g/mol. The van der Waals surface area contributed by atoms with E-state index in [1.54, 1.807) is 12.2 Å². The number of ketones is 1. The first-order valence-corrected chi connectivity index (χ1v) is 9.52. The molecule has 4 aliphatic carbocycles. The molecule has 3 saturated carbocycles. The Morgan fingerprint density at radius 1 is 1.23 bits per heavy atom. The molecular weight excluding hydrogens is 331 g/mol. The molecule has 4 heteroatoms. The summed E-state index contributed by atoms with van der Waals surface area (Å²) in [4.78, 5) is 11.8. The number of alkyl halides is 1. The van der Waals surface area contributed by atoms with E-state index >= 15 is 4.39 Å². The van der Waals surface area contributed by atoms with Gasteiger partial charge in [-0.1, -0.05) is 32.9 Å². The van der Waals surface area contributed by atoms with Gasteiger partial charge in [0.15, 0.2) is 11.5 Å². The summed E-state index contributed by atoms with van der Waals surface area (Å²) < 4.78 is 16.7. The molecule has 0 aliphatic heterocycles. The van der Waals surface area contributed by atoms with Gasteiger partial charge in [-0.25, -0.2) is 4.39 Å². The molecule has 4 aliphatic rings. The molecule has 0 unspecified atom stereocenters. The Kier molecular flexibility index (Phi) is 4.19. The largest absolute Gasteiger partial charge is 0.390 e. The van der Waals surface area contributed by atoms with Gasteiger partial charge < -0.3 is 10.2 Å². The van der Waals surface area contributed by atoms with Gasteiger partial charge in [0.05, 0.1) is 11.7 Å². The summed E-state index contributed by atoms with van der Waals surface area (Å²) in [6.45, 7) is 7.74. The van der Waals surface area contributed by atoms with Gasteiger partial charge in [0.1, 0.15) is 0 Å². The van der Waals surface area contributed by atoms with Gasteiger partial charge >= 0.3 is 0 Å². The molecule has 3 fully saturated rings. The van der Waals surface area contributed by atoms with Crippen molar-refractivity contribution in [3.63, 3.8) is 0 Å². The molecular formula is C22H33FO3. The van der Waals surface area contributed by atoms with E-state index in [1.165, 1.54) is 6.08 Å². The van der Waals surface area contributed by atoms with Crippen LogP contribution in [-0.4, -0.2) is 33.4 Å². The molecule has 146 valence electrons. The second kappa shape index (κ2) is 5.51. The van der Waals surface area contributed by atoms with Crippen LogP contribution >= 0.6 is 0 Å². The van der Waals surface area contributed by atoms with Crippen molar-refractivity contribution in [1.82, 2.24) is 0 Å². The molecule has 4 rings (SSSR count). The molecule has 3 nitrogen and oxygen atoms in total. The number of rotatable bonds is 0. The minimum atomic E-state index is -1.79. The smallest absolute Gasteiger partial charge is 0.178 e. The Bertz CT molecular complexity index is 696. The summed E-state index contributed by atoms with van der Waals surface area (Å²) in [6, 6.07) is 0. The van der Waals surface area contributed by atoms with E-state index in [1.807, 2.05) is 27.7 Å². The van der Waals surface area contributed by atoms with Gasteiger partial charge in [-0.3, -0.25) is 4.79 Å². The molecule has 0 heterocycles. The second-order valence-corrected chi connectivity index (χ2v) is 9.55. The molecule has 0 aromatic carbocycles. The van der Waals surface area contributed by atoms with Crippen LogP contribution < -0.4 is 0 Å². The Hall–Kier alpha value is -1.00. The highest BCUT2D eigenvalue weighted by molar-refractivity contribution is 6.01. The van der Waals surface area contributed by atoms with Crippen LogP contribution in [0.2, 0.25) is 0 Å². The lowest BCUT2D eigenvalue weighted by Crippen LogP contribution is -2.68. The normalized spacial score (nSPS) is 55.3. The summed E-state index contributed by atoms with van der Waals surface area (Å²) in [6.07, 6.45) is 5.88. The quantitative estimate of drug-likeness (QED) is 0.683. The van der Waals surface area contributed by atoms with Crippen LogP contribution in [0.5, 0.6) is 0 Å². The zero-order valence-electron chi connectivity index (χ0n) is 15.6. The van der Waals surface area contributed by atoms with Crippen molar-refractivity contribution in [2.45, 2.75) is 78.2 Å². The number of hydrogen-bond acceptors (Lipinski definition) is 3. The van der Waals surface area contributed by atoms with E-state index in [0.717, 1.165) is 12.0 Å². The first kappa shape index (κ1) is 19.8. The zero-order valence-corrected chi connectivity index (χ0v) is 15.6. The monoisotopic (exact) mass is 364 g/mol. The fraction of sp³-hybridized carbons (Fsp3) is 0.773. The number of aliphatic hydroxyl groups is 2. The summed E-state index contributed by atoms with van der Waals surface area (Å²) in [5, 5.41) is 22.2. The van der Waals surface area contributed by atoms with Crippen LogP contribution in [0.3, 0.4) is 0 Å². The summed E-state index contributed by atoms with van der Waals surface area (Å²) in [7, 11) is 0. The van der Waals surface area contributed by atoms with E-state index in [9.17, 15) is 15.0 Å². The van der Waals surface area contributed by atoms with Crippen molar-refractivity contribution in [3.8, 4) is 0 Å². The summed E-state index contributed by atoms with van der Waals surface area (Å²) in [5.41, 5.74) is -3.33. The number of carbonyl (C=O) groups is 1. The molecule has 2 N–H and O–H groups in total. The lowest BCUT2D eigenvalue weighted by Gasteiger charge is -2.62. The van der Waals surface area contributed by atoms with Crippen LogP contribution in [0, 0.1) is 28.6 Å². The number of fused-ring (bicyclic) bond motifs is 5. The van der Waals surface area contributed by atoms with Crippen molar-refractivity contribution in [3.05, 3.63) is 23.8 Å². The third-order valence-corrected chi connectivity index (χ3v) is 8.75. The predicted molar refractivity (Wildman–Crippen MR) is 100 cm³/mol. The van der Waals surface area contributed by atoms with E-state index in [-0.39, 0.29) is 37.4 Å². The van der Waals surface area contributed by atoms with Crippen molar-refractivity contribution >= 4 is 5.78 Å². The van der Waals surface area contributed by atoms with Crippen LogP contribution in [0.1, 0.15) is 60.8 Å². The van der Waals surface area contributed by atoms with Gasteiger partial charge in [-0.15, -0.1) is 0 Å². The summed E-state index contributed by atoms with van der Waals surface area (Å²) >= 11 is 0. The van der Waals surface area contributed by atoms with Crippen molar-refractivity contribution < 1.29 is 19.4 Å². The topological polar surface area (TPSA) is 57.5 Å². The molecule has 0 aromatic heterocycles. The lowest BCUT2D eigenvalue weighted by molar-refractivity contribution is -0.216. The van der Waals surface area contributed by atoms with Crippen LogP contribution in [0.4, 0.5) is 4.39 Å². The molecule has 0 aromatic rings. The lowest BCUT2D eigenvalue weighted by atomic mass is 9.45. The maximum Gasteiger partial charge on any atom is 0.178 e. The Morgan fingerprint density at radius 2 is 1.88 bits per heavy atom. The predicted octanol–water partition coefficient (Wildman–Crippen LogP) is 3.99. The first-order valence-electron chi connectivity index (χ1n) is 9.52. The van der Waals surface area contributed by atoms with E-state index < -0.39 is 28.2 Å². The zero-order chi connectivity index (χ0) is 18.4. The van der Waals surface area contributed by atoms with Crippen LogP contribution in [0.25, 0.3) is 0 Å². The van der Waals surface area contributed by atoms with E-state index in [2.05, 4.69) is 0 Å². The first-order chi connectivity index (χ1) is 11.5. The molecule has 0 radical (unpaired) electrons. The van der Waals surface area contributed by atoms with E-state index in [4.69, 9.17) is 0 Å². The van der Waals surface area contributed by atoms with Crippen molar-refractivity contribution in [1.29, 1.82) is 0 Å². The summed E-state index contributed by atoms with van der Waals surface area (Å²) in [5.74, 6) is -0.291. The third-order valence-electron chi connectivity index (χ3n) is 8.75. The van der Waals surface area contributed by atoms with E-state index in [0.29, 0.717) is 12.8 Å². The molecule has 0 saturated heterocycles. The van der Waals surface area contributed by atoms with Crippen molar-refractivity contribution in [2.24, 2.45) is 28.6 Å². The van der Waals surface area contributed by atoms with Crippen LogP contribution in [0.15, 0.2) is 23.8 Å². The maximum atomic E-state index is 16.7. The minimum absolute atomic E-state index is 0. The molecule has 0 amide bonds. The Labute approximate surface area is 156 Å². The molecule has 8 atom stereocenters. The highest BCUT2D eigenvalue weighted by atomic mass is 19.1. The molecule has 0 bridgehead atoms. The third kappa shape index (κ3) is 1.98. The van der Waals surface area contributed by atoms with Gasteiger partial charge in [0.25, 0.3) is 0 Å². The number of allylic oxidation sites excluding steroid dienone is 4. The number of carbonyl (C=O) groups excluding carboxylic acids is 1. The van der Waals surface area contributed by atoms with Gasteiger partial charge in [-0.2, -0.15) is 0 Å². The van der Waals surface area contributed by atoms with Gasteiger partial charge in [0, 0.05) is 16.7 Å². The molecule has 0 spiro atoms. The minimum Gasteiger partial charge on any atom is -0.390 e. The van der Waals surface area contributed by atoms with Crippen molar-refractivity contribution in [2.75, 3.05) is 0 Å². The number of aliphatic hydroxyl groups excluding tert-OH is 1. The standard InChI is InChI=1S/C21H29FO3.CH4/c1-12-9-16-15-6-5-13-10-14(23)7-8-18(13,2)21(15,22)17(24)11-19(16,3)20(12,4)25;/h7-8,10,12,15-17,24-25H,5-6,9,11H2,1-4H3;1H4/t12-,15+,16+,17+,18+,19+,20-,21+;/m1./s1. The highest BCUT2D eigenvalue weighted by Crippen LogP contribution is 2.70. The molecule has 26 heavy (non-hydrogen) atoms. The van der Waals surface area contributed by atoms with Crippen LogP contribution in [-0.2, 0) is 4.79 Å². The average Bonchev–Trinajstić information content (AvgIpc) is 2.70. The number of halogens is 1. The SMILES string of the molecule is C.C[C@@H]1C[C@H]2[C@@H]3CCC4=CC(=O)C=C[C@]4(C)[C@@]3(F)[C@@H](O)C[C@]2(C)[C@]1(C)O. The highest BCUT2D eigenvalue weighted by Gasteiger charge is 2.73. The van der Waals surface area contributed by atoms with Gasteiger partial charge in [-0.05, 0) is 63.5 Å². The fourth-order valence-corrected chi connectivity index (χ4v) is 6.75. The van der Waals surface area contributed by atoms with Gasteiger partial charge in [0.2, 0.25) is 0 Å². The number of hydrogen-bond donors (Lipinski definition) is 2. The second-order valence-electron chi connectivity index (χ2n) is 9.55. The fourth-order valence-electron chi connectivity index (χ4n) is 6.75. The Morgan fingerprint density at radius 3 is 2.54 bits per heavy atom.